The monoisotopic (exact) mass is 861 g/mol. The Labute approximate surface area is 345 Å². The molecule has 0 radical (unpaired) electrons. The molecule has 2 aromatic heterocycles. The van der Waals surface area contributed by atoms with E-state index in [9.17, 15) is 18.0 Å². The maximum absolute atomic E-state index is 14.0. The summed E-state index contributed by atoms with van der Waals surface area (Å²) in [5.41, 5.74) is -0.0429. The van der Waals surface area contributed by atoms with E-state index in [1.165, 1.54) is 31.6 Å². The molecule has 60 heavy (non-hydrogen) atoms. The molecule has 23 heteroatoms. The Morgan fingerprint density at radius 2 is 1.33 bits per heavy atom. The first-order valence-corrected chi connectivity index (χ1v) is 19.9. The third-order valence-electron chi connectivity index (χ3n) is 8.20. The van der Waals surface area contributed by atoms with Crippen molar-refractivity contribution in [3.8, 4) is 34.8 Å². The summed E-state index contributed by atoms with van der Waals surface area (Å²) in [5, 5.41) is 33.6. The predicted molar refractivity (Wildman–Crippen MR) is 204 cm³/mol. The summed E-state index contributed by atoms with van der Waals surface area (Å²) < 4.78 is 58.8. The summed E-state index contributed by atoms with van der Waals surface area (Å²) in [6, 6.07) is 14.1. The second-order valence-electron chi connectivity index (χ2n) is 13.2. The van der Waals surface area contributed by atoms with E-state index in [0.29, 0.717) is 31.2 Å². The van der Waals surface area contributed by atoms with E-state index in [-0.39, 0.29) is 91.4 Å². The van der Waals surface area contributed by atoms with Gasteiger partial charge in [-0.15, -0.1) is 0 Å². The molecule has 0 amide bonds. The van der Waals surface area contributed by atoms with Gasteiger partial charge in [-0.05, 0) is 61.6 Å². The van der Waals surface area contributed by atoms with Crippen LogP contribution in [0.2, 0.25) is 0 Å². The Morgan fingerprint density at radius 3 is 1.93 bits per heavy atom. The molecular formula is C37H47N7O15S. The summed E-state index contributed by atoms with van der Waals surface area (Å²) in [7, 11) is -2.99. The van der Waals surface area contributed by atoms with Crippen LogP contribution in [0.15, 0.2) is 71.9 Å². The van der Waals surface area contributed by atoms with Crippen molar-refractivity contribution in [3.05, 3.63) is 72.6 Å². The van der Waals surface area contributed by atoms with Crippen molar-refractivity contribution < 1.29 is 72.2 Å². The Bertz CT molecular complexity index is 2080. The van der Waals surface area contributed by atoms with Crippen molar-refractivity contribution in [2.75, 3.05) is 44.9 Å². The largest absolute Gasteiger partial charge is 0.493 e. The van der Waals surface area contributed by atoms with E-state index in [0.717, 1.165) is 0 Å². The third-order valence-corrected chi connectivity index (χ3v) is 9.56. The van der Waals surface area contributed by atoms with Gasteiger partial charge in [-0.2, -0.15) is 4.98 Å². The van der Waals surface area contributed by atoms with Gasteiger partial charge in [0.2, 0.25) is 11.6 Å². The molecule has 2 heterocycles. The maximum atomic E-state index is 14.0. The molecule has 0 unspecified atom stereocenters. The maximum Gasteiger partial charge on any atom is 0.305 e. The lowest BCUT2D eigenvalue weighted by Crippen LogP contribution is -2.26. The number of carbonyl (C=O) groups is 2. The van der Waals surface area contributed by atoms with E-state index >= 15 is 0 Å². The number of methoxy groups -OCH3 is 1. The van der Waals surface area contributed by atoms with Crippen molar-refractivity contribution in [1.82, 2.24) is 30.7 Å². The van der Waals surface area contributed by atoms with Gasteiger partial charge in [-0.3, -0.25) is 44.8 Å². The zero-order chi connectivity index (χ0) is 43.5. The van der Waals surface area contributed by atoms with Crippen LogP contribution in [0.25, 0.3) is 11.6 Å². The Kier molecular flexibility index (Phi) is 18.2. The van der Waals surface area contributed by atoms with E-state index in [4.69, 9.17) is 44.5 Å². The quantitative estimate of drug-likeness (QED) is 0.0326. The topological polar surface area (TPSA) is 284 Å². The van der Waals surface area contributed by atoms with Crippen LogP contribution >= 0.6 is 0 Å². The van der Waals surface area contributed by atoms with Gasteiger partial charge in [0.25, 0.3) is 15.9 Å². The highest BCUT2D eigenvalue weighted by Crippen LogP contribution is 2.41. The number of nitrogens with one attached hydrogen (secondary N) is 1. The van der Waals surface area contributed by atoms with Crippen LogP contribution in [0.5, 0.6) is 23.1 Å². The molecule has 0 aliphatic rings. The summed E-state index contributed by atoms with van der Waals surface area (Å²) in [5.74, 6) is -1.59. The number of unbranched alkanes of at least 4 members (excludes halogenated alkanes) is 2. The smallest absolute Gasteiger partial charge is 0.305 e. The zero-order valence-electron chi connectivity index (χ0n) is 33.0. The number of hydrogen-bond acceptors (Lipinski definition) is 21. The normalized spacial score (nSPS) is 11.7. The molecule has 0 aliphatic heterocycles. The fraction of sp³-hybridized carbons (Fsp3) is 0.405. The zero-order valence-corrected chi connectivity index (χ0v) is 33.8. The number of para-hydroxylation sites is 2. The number of benzene rings is 2. The van der Waals surface area contributed by atoms with Crippen molar-refractivity contribution in [3.63, 3.8) is 0 Å². The summed E-state index contributed by atoms with van der Waals surface area (Å²) in [6.45, 7) is 3.12. The van der Waals surface area contributed by atoms with Crippen LogP contribution < -0.4 is 18.9 Å². The van der Waals surface area contributed by atoms with E-state index < -0.39 is 38.2 Å². The minimum atomic E-state index is -4.41. The molecule has 326 valence electrons. The van der Waals surface area contributed by atoms with Crippen LogP contribution in [0, 0.1) is 0 Å². The van der Waals surface area contributed by atoms with Gasteiger partial charge in [-0.25, -0.2) is 23.4 Å². The van der Waals surface area contributed by atoms with Crippen LogP contribution in [0.1, 0.15) is 57.9 Å². The molecule has 0 spiro atoms. The molecule has 5 N–H and O–H groups in total. The fourth-order valence-electron chi connectivity index (χ4n) is 5.11. The minimum absolute atomic E-state index is 0.000821. The van der Waals surface area contributed by atoms with Gasteiger partial charge >= 0.3 is 11.9 Å². The average Bonchev–Trinajstić information content (AvgIpc) is 3.22. The van der Waals surface area contributed by atoms with E-state index in [1.54, 1.807) is 42.5 Å². The highest BCUT2D eigenvalue weighted by Gasteiger charge is 2.28. The van der Waals surface area contributed by atoms with Gasteiger partial charge in [0, 0.05) is 30.7 Å². The van der Waals surface area contributed by atoms with Crippen molar-refractivity contribution in [2.45, 2.75) is 62.7 Å². The molecule has 0 bridgehead atoms. The molecule has 0 atom stereocenters. The number of carbonyl (C=O) groups excluding carboxylic acids is 2. The lowest BCUT2D eigenvalue weighted by molar-refractivity contribution is -0.492. The first-order valence-electron chi connectivity index (χ1n) is 18.4. The highest BCUT2D eigenvalue weighted by molar-refractivity contribution is 7.92. The number of hydrogen-bond donors (Lipinski definition) is 5. The third kappa shape index (κ3) is 15.2. The van der Waals surface area contributed by atoms with Crippen LogP contribution in [0.4, 0.5) is 5.82 Å². The summed E-state index contributed by atoms with van der Waals surface area (Å²) in [4.78, 5) is 50.6. The fourth-order valence-corrected chi connectivity index (χ4v) is 6.11. The number of esters is 2. The van der Waals surface area contributed by atoms with E-state index in [2.05, 4.69) is 34.3 Å². The van der Waals surface area contributed by atoms with Gasteiger partial charge < -0.3 is 23.7 Å². The number of ether oxygens (including phenoxy) is 5. The van der Waals surface area contributed by atoms with Crippen molar-refractivity contribution in [2.24, 2.45) is 0 Å². The SMILES string of the molecule is COc1ccccc1Oc1c(NS(=O)(=O)c2ccc(C(C)(C)COC(=O)CCCCON(O)O)cc2)nc(-c2ncccn2)nc1OCCOC(=O)CCCCON(O)O. The standard InChI is InChI=1S/C37H47N7O15S/c1-37(2,25-56-31(46)14-7-9-22-58-44(49)50)26-15-17-27(18-16-26)60(51,52)42-33-32(59-29-12-5-4-11-28(29)53-3)36(41-35(40-33)34-38-19-10-20-39-34)55-24-23-54-30(45)13-6-8-21-57-43(47)48/h4-5,10-12,15-20,47-50H,6-9,13-14,21-25H2,1-3H3,(H,40,41,42). The van der Waals surface area contributed by atoms with Gasteiger partial charge in [0.1, 0.15) is 19.8 Å². The van der Waals surface area contributed by atoms with Gasteiger partial charge in [0.15, 0.2) is 23.1 Å². The highest BCUT2D eigenvalue weighted by atomic mass is 32.2. The van der Waals surface area contributed by atoms with Crippen molar-refractivity contribution in [1.29, 1.82) is 0 Å². The second kappa shape index (κ2) is 23.2. The number of nitrogens with zero attached hydrogens (tertiary/aromatic N) is 6. The lowest BCUT2D eigenvalue weighted by atomic mass is 9.86. The van der Waals surface area contributed by atoms with E-state index in [1.807, 2.05) is 13.8 Å². The second-order valence-corrected chi connectivity index (χ2v) is 14.9. The molecule has 22 nitrogen and oxygen atoms in total. The molecule has 4 aromatic rings. The van der Waals surface area contributed by atoms with Crippen LogP contribution in [0.3, 0.4) is 0 Å². The number of anilines is 1. The Morgan fingerprint density at radius 1 is 0.733 bits per heavy atom. The number of sulfonamides is 1. The number of aromatic nitrogens is 4. The molecule has 2 aromatic carbocycles. The first kappa shape index (κ1) is 47.1. The Hall–Kier alpha value is -5.63. The molecule has 0 saturated carbocycles. The predicted octanol–water partition coefficient (Wildman–Crippen LogP) is 4.64. The molecule has 4 rings (SSSR count). The van der Waals surface area contributed by atoms with Crippen molar-refractivity contribution >= 4 is 27.8 Å². The summed E-state index contributed by atoms with van der Waals surface area (Å²) in [6.07, 6.45) is 4.44. The lowest BCUT2D eigenvalue weighted by Gasteiger charge is -2.25. The Balaban J connectivity index is 1.56. The minimum Gasteiger partial charge on any atom is -0.493 e. The molecule has 0 fully saturated rings. The number of rotatable bonds is 26. The molecular weight excluding hydrogens is 815 g/mol. The average molecular weight is 862 g/mol. The van der Waals surface area contributed by atoms with Gasteiger partial charge in [-0.1, -0.05) is 38.1 Å². The van der Waals surface area contributed by atoms with Gasteiger partial charge in [0.05, 0.1) is 36.0 Å². The summed E-state index contributed by atoms with van der Waals surface area (Å²) >= 11 is 0. The molecule has 0 aliphatic carbocycles. The molecule has 0 saturated heterocycles. The first-order chi connectivity index (χ1) is 28.7. The van der Waals surface area contributed by atoms with Crippen LogP contribution in [-0.4, -0.2) is 112 Å². The van der Waals surface area contributed by atoms with Crippen LogP contribution in [-0.2, 0) is 44.2 Å².